The van der Waals surface area contributed by atoms with Gasteiger partial charge in [-0.2, -0.15) is 0 Å². The number of unbranched alkanes of at least 4 members (excludes halogenated alkanes) is 1. The van der Waals surface area contributed by atoms with Gasteiger partial charge in [0.1, 0.15) is 12.1 Å². The number of hydrogen-bond acceptors (Lipinski definition) is 5. The third-order valence-corrected chi connectivity index (χ3v) is 4.28. The fourth-order valence-corrected chi connectivity index (χ4v) is 2.72. The Hall–Kier alpha value is -2.45. The molecule has 3 unspecified atom stereocenters. The summed E-state index contributed by atoms with van der Waals surface area (Å²) in [5.41, 5.74) is 0.868. The molecule has 0 bridgehead atoms. The van der Waals surface area contributed by atoms with Crippen LogP contribution in [0.3, 0.4) is 0 Å². The standard InChI is InChI=1S/C20H31N3O5/c1-14(13-24)21-11-7-6-10-17(20(27)28)23-19(26)18(22-15(2)25)12-16-8-4-3-5-9-16/h3-5,8-9,14,17-18,21,24H,6-7,10-13H2,1-2H3,(H,22,25)(H,23,26)(H,27,28). The first kappa shape index (κ1) is 23.6. The molecule has 0 aliphatic rings. The molecular weight excluding hydrogens is 362 g/mol. The zero-order valence-electron chi connectivity index (χ0n) is 16.5. The first-order chi connectivity index (χ1) is 13.3. The Morgan fingerprint density at radius 2 is 1.71 bits per heavy atom. The second kappa shape index (κ2) is 12.9. The van der Waals surface area contributed by atoms with E-state index in [-0.39, 0.29) is 31.4 Å². The lowest BCUT2D eigenvalue weighted by molar-refractivity contribution is -0.142. The van der Waals surface area contributed by atoms with E-state index in [1.165, 1.54) is 6.92 Å². The lowest BCUT2D eigenvalue weighted by Crippen LogP contribution is -2.52. The van der Waals surface area contributed by atoms with E-state index in [0.29, 0.717) is 13.0 Å². The van der Waals surface area contributed by atoms with E-state index >= 15 is 0 Å². The van der Waals surface area contributed by atoms with Crippen molar-refractivity contribution in [2.75, 3.05) is 13.2 Å². The molecule has 8 heteroatoms. The molecule has 0 fully saturated rings. The molecule has 1 aromatic carbocycles. The molecule has 0 aliphatic carbocycles. The summed E-state index contributed by atoms with van der Waals surface area (Å²) in [6, 6.07) is 7.35. The molecule has 0 saturated heterocycles. The van der Waals surface area contributed by atoms with Gasteiger partial charge in [0.25, 0.3) is 0 Å². The second-order valence-electron chi connectivity index (χ2n) is 6.88. The van der Waals surface area contributed by atoms with Crippen LogP contribution in [0.1, 0.15) is 38.7 Å². The van der Waals surface area contributed by atoms with Crippen molar-refractivity contribution in [1.82, 2.24) is 16.0 Å². The average Bonchev–Trinajstić information content (AvgIpc) is 2.66. The van der Waals surface area contributed by atoms with Crippen molar-refractivity contribution in [2.24, 2.45) is 0 Å². The van der Waals surface area contributed by atoms with E-state index in [0.717, 1.165) is 12.0 Å². The van der Waals surface area contributed by atoms with Crippen molar-refractivity contribution in [3.8, 4) is 0 Å². The number of amides is 2. The van der Waals surface area contributed by atoms with Gasteiger partial charge in [0.05, 0.1) is 6.61 Å². The molecule has 0 aromatic heterocycles. The number of hydrogen-bond donors (Lipinski definition) is 5. The van der Waals surface area contributed by atoms with Gasteiger partial charge < -0.3 is 26.2 Å². The van der Waals surface area contributed by atoms with Crippen LogP contribution in [0.2, 0.25) is 0 Å². The minimum atomic E-state index is -1.11. The van der Waals surface area contributed by atoms with Crippen LogP contribution in [0.5, 0.6) is 0 Å². The summed E-state index contributed by atoms with van der Waals surface area (Å²) in [6.45, 7) is 3.87. The van der Waals surface area contributed by atoms with Crippen LogP contribution in [-0.2, 0) is 20.8 Å². The number of rotatable bonds is 13. The summed E-state index contributed by atoms with van der Waals surface area (Å²) in [4.78, 5) is 35.6. The highest BCUT2D eigenvalue weighted by molar-refractivity contribution is 5.90. The smallest absolute Gasteiger partial charge is 0.326 e. The molecule has 0 aliphatic heterocycles. The Labute approximate surface area is 165 Å². The topological polar surface area (TPSA) is 128 Å². The maximum Gasteiger partial charge on any atom is 0.326 e. The number of benzene rings is 1. The van der Waals surface area contributed by atoms with Crippen molar-refractivity contribution >= 4 is 17.8 Å². The van der Waals surface area contributed by atoms with Crippen LogP contribution < -0.4 is 16.0 Å². The molecule has 1 rings (SSSR count). The molecule has 0 heterocycles. The first-order valence-electron chi connectivity index (χ1n) is 9.52. The number of aliphatic carboxylic acids is 1. The Morgan fingerprint density at radius 1 is 1.04 bits per heavy atom. The molecule has 156 valence electrons. The number of aliphatic hydroxyl groups excluding tert-OH is 1. The number of carboxylic acid groups (broad SMARTS) is 1. The minimum Gasteiger partial charge on any atom is -0.480 e. The minimum absolute atomic E-state index is 0.00799. The van der Waals surface area contributed by atoms with Crippen LogP contribution in [0, 0.1) is 0 Å². The molecule has 1 aromatic rings. The van der Waals surface area contributed by atoms with Gasteiger partial charge >= 0.3 is 5.97 Å². The highest BCUT2D eigenvalue weighted by Gasteiger charge is 2.25. The highest BCUT2D eigenvalue weighted by atomic mass is 16.4. The van der Waals surface area contributed by atoms with Gasteiger partial charge in [-0.15, -0.1) is 0 Å². The third kappa shape index (κ3) is 9.48. The van der Waals surface area contributed by atoms with E-state index < -0.39 is 24.0 Å². The fourth-order valence-electron chi connectivity index (χ4n) is 2.72. The van der Waals surface area contributed by atoms with Crippen LogP contribution in [0.25, 0.3) is 0 Å². The van der Waals surface area contributed by atoms with Gasteiger partial charge in [-0.1, -0.05) is 30.3 Å². The molecule has 0 radical (unpaired) electrons. The summed E-state index contributed by atoms with van der Waals surface area (Å²) in [5, 5.41) is 26.6. The SMILES string of the molecule is CC(=O)NC(Cc1ccccc1)C(=O)NC(CCCCNC(C)CO)C(=O)O. The van der Waals surface area contributed by atoms with Gasteiger partial charge in [-0.25, -0.2) is 4.79 Å². The molecule has 3 atom stereocenters. The highest BCUT2D eigenvalue weighted by Crippen LogP contribution is 2.06. The van der Waals surface area contributed by atoms with E-state index in [9.17, 15) is 19.5 Å². The third-order valence-electron chi connectivity index (χ3n) is 4.28. The van der Waals surface area contributed by atoms with E-state index in [1.807, 2.05) is 37.3 Å². The van der Waals surface area contributed by atoms with E-state index in [4.69, 9.17) is 5.11 Å². The van der Waals surface area contributed by atoms with Crippen LogP contribution in [0.15, 0.2) is 30.3 Å². The molecule has 2 amide bonds. The van der Waals surface area contributed by atoms with Crippen LogP contribution in [0.4, 0.5) is 0 Å². The zero-order valence-corrected chi connectivity index (χ0v) is 16.5. The molecular formula is C20H31N3O5. The van der Waals surface area contributed by atoms with Crippen molar-refractivity contribution < 1.29 is 24.6 Å². The summed E-state index contributed by atoms with van der Waals surface area (Å²) in [6.07, 6.45) is 1.89. The van der Waals surface area contributed by atoms with Gasteiger partial charge in [-0.05, 0) is 38.3 Å². The molecule has 0 saturated carbocycles. The Balaban J connectivity index is 2.59. The predicted octanol–water partition coefficient (Wildman–Crippen LogP) is 0.444. The van der Waals surface area contributed by atoms with E-state index in [2.05, 4.69) is 16.0 Å². The summed E-state index contributed by atoms with van der Waals surface area (Å²) < 4.78 is 0. The normalized spacial score (nSPS) is 14.0. The lowest BCUT2D eigenvalue weighted by Gasteiger charge is -2.21. The lowest BCUT2D eigenvalue weighted by atomic mass is 10.0. The van der Waals surface area contributed by atoms with Gasteiger partial charge in [0.2, 0.25) is 11.8 Å². The maximum atomic E-state index is 12.6. The Morgan fingerprint density at radius 3 is 2.29 bits per heavy atom. The molecule has 28 heavy (non-hydrogen) atoms. The number of carbonyl (C=O) groups excluding carboxylic acids is 2. The summed E-state index contributed by atoms with van der Waals surface area (Å²) in [7, 11) is 0. The monoisotopic (exact) mass is 393 g/mol. The van der Waals surface area contributed by atoms with Crippen molar-refractivity contribution in [3.63, 3.8) is 0 Å². The predicted molar refractivity (Wildman–Crippen MR) is 106 cm³/mol. The summed E-state index contributed by atoms with van der Waals surface area (Å²) >= 11 is 0. The zero-order chi connectivity index (χ0) is 20.9. The Bertz CT molecular complexity index is 624. The quantitative estimate of drug-likeness (QED) is 0.310. The summed E-state index contributed by atoms with van der Waals surface area (Å²) in [5.74, 6) is -1.98. The molecule has 0 spiro atoms. The maximum absolute atomic E-state index is 12.6. The number of carbonyl (C=O) groups is 3. The van der Waals surface area contributed by atoms with Gasteiger partial charge in [-0.3, -0.25) is 9.59 Å². The number of carboxylic acids is 1. The number of aliphatic hydroxyl groups is 1. The van der Waals surface area contributed by atoms with Gasteiger partial charge in [0.15, 0.2) is 0 Å². The second-order valence-corrected chi connectivity index (χ2v) is 6.88. The Kier molecular flexibility index (Phi) is 10.8. The molecule has 5 N–H and O–H groups in total. The van der Waals surface area contributed by atoms with E-state index in [1.54, 1.807) is 0 Å². The first-order valence-corrected chi connectivity index (χ1v) is 9.52. The van der Waals surface area contributed by atoms with Crippen LogP contribution in [-0.4, -0.2) is 59.3 Å². The van der Waals surface area contributed by atoms with Crippen molar-refractivity contribution in [1.29, 1.82) is 0 Å². The number of nitrogens with one attached hydrogen (secondary N) is 3. The average molecular weight is 393 g/mol. The van der Waals surface area contributed by atoms with Crippen molar-refractivity contribution in [3.05, 3.63) is 35.9 Å². The largest absolute Gasteiger partial charge is 0.480 e. The van der Waals surface area contributed by atoms with Gasteiger partial charge in [0, 0.05) is 19.4 Å². The molecule has 8 nitrogen and oxygen atoms in total. The van der Waals surface area contributed by atoms with Crippen molar-refractivity contribution in [2.45, 2.75) is 57.7 Å². The fraction of sp³-hybridized carbons (Fsp3) is 0.550. The van der Waals surface area contributed by atoms with Crippen LogP contribution >= 0.6 is 0 Å².